The Morgan fingerprint density at radius 3 is 1.88 bits per heavy atom. The highest BCUT2D eigenvalue weighted by Crippen LogP contribution is 2.33. The third-order valence-corrected chi connectivity index (χ3v) is 7.80. The Morgan fingerprint density at radius 2 is 1.40 bits per heavy atom. The van der Waals surface area contributed by atoms with Crippen LogP contribution in [-0.4, -0.2) is 60.4 Å². The molecule has 0 aromatic rings. The quantitative estimate of drug-likeness (QED) is 0.0478. The lowest BCUT2D eigenvalue weighted by Crippen LogP contribution is -2.47. The zero-order chi connectivity index (χ0) is 31.2. The molecule has 0 radical (unpaired) electrons. The lowest BCUT2D eigenvalue weighted by molar-refractivity contribution is -0.190. The average Bonchev–Trinajstić information content (AvgIpc) is 2.97. The molecule has 0 aromatic carbocycles. The smallest absolute Gasteiger partial charge is 0.325 e. The molecule has 42 heavy (non-hydrogen) atoms. The van der Waals surface area contributed by atoms with Crippen molar-refractivity contribution in [1.82, 2.24) is 5.32 Å². The van der Waals surface area contributed by atoms with Gasteiger partial charge in [-0.3, -0.25) is 19.2 Å². The summed E-state index contributed by atoms with van der Waals surface area (Å²) in [5.41, 5.74) is 0. The van der Waals surface area contributed by atoms with Crippen molar-refractivity contribution in [1.29, 1.82) is 0 Å². The van der Waals surface area contributed by atoms with Gasteiger partial charge < -0.3 is 24.6 Å². The molecule has 0 bridgehead atoms. The van der Waals surface area contributed by atoms with Crippen LogP contribution in [0.3, 0.4) is 0 Å². The van der Waals surface area contributed by atoms with E-state index in [1.54, 1.807) is 12.2 Å². The van der Waals surface area contributed by atoms with E-state index < -0.39 is 5.97 Å². The molecule has 0 aromatic heterocycles. The van der Waals surface area contributed by atoms with Crippen molar-refractivity contribution in [2.75, 3.05) is 6.54 Å². The minimum Gasteiger partial charge on any atom is -0.461 e. The number of hydrogen-bond donors (Lipinski definition) is 2. The van der Waals surface area contributed by atoms with Gasteiger partial charge in [0.05, 0.1) is 17.9 Å². The van der Waals surface area contributed by atoms with Crippen LogP contribution in [0.5, 0.6) is 0 Å². The molecular formula is C33H55NO8. The number of nitrogens with one attached hydrogen (secondary N) is 1. The number of carbonyl (C=O) groups excluding carboxylic acids is 4. The highest BCUT2D eigenvalue weighted by Gasteiger charge is 2.43. The van der Waals surface area contributed by atoms with E-state index in [1.807, 2.05) is 0 Å². The summed E-state index contributed by atoms with van der Waals surface area (Å²) in [5, 5.41) is 12.1. The van der Waals surface area contributed by atoms with E-state index in [0.717, 1.165) is 44.9 Å². The Bertz CT molecular complexity index is 816. The van der Waals surface area contributed by atoms with Crippen molar-refractivity contribution in [3.05, 3.63) is 25.3 Å². The molecule has 0 spiro atoms. The first-order valence-electron chi connectivity index (χ1n) is 16.0. The second-order valence-corrected chi connectivity index (χ2v) is 11.3. The summed E-state index contributed by atoms with van der Waals surface area (Å²) in [6.45, 7) is 11.5. The zero-order valence-corrected chi connectivity index (χ0v) is 25.9. The van der Waals surface area contributed by atoms with Gasteiger partial charge >= 0.3 is 17.9 Å². The van der Waals surface area contributed by atoms with Crippen molar-refractivity contribution < 1.29 is 38.5 Å². The van der Waals surface area contributed by atoms with Crippen LogP contribution < -0.4 is 5.32 Å². The zero-order valence-electron chi connectivity index (χ0n) is 25.9. The van der Waals surface area contributed by atoms with Gasteiger partial charge in [-0.25, -0.2) is 0 Å². The molecule has 1 unspecified atom stereocenters. The number of aliphatic hydroxyl groups excluding tert-OH is 1. The monoisotopic (exact) mass is 593 g/mol. The van der Waals surface area contributed by atoms with Crippen LogP contribution in [0.4, 0.5) is 0 Å². The van der Waals surface area contributed by atoms with E-state index in [-0.39, 0.29) is 54.7 Å². The molecule has 0 saturated carbocycles. The average molecular weight is 594 g/mol. The van der Waals surface area contributed by atoms with Gasteiger partial charge in [-0.05, 0) is 38.5 Å². The number of allylic oxidation sites excluding steroid dienone is 2. The Balaban J connectivity index is 0.000000437. The molecule has 2 N–H and O–H groups in total. The van der Waals surface area contributed by atoms with E-state index in [4.69, 9.17) is 14.2 Å². The largest absolute Gasteiger partial charge is 0.461 e. The van der Waals surface area contributed by atoms with Crippen molar-refractivity contribution in [3.8, 4) is 0 Å². The molecule has 2 heterocycles. The summed E-state index contributed by atoms with van der Waals surface area (Å²) in [7, 11) is 0. The van der Waals surface area contributed by atoms with Gasteiger partial charge in [-0.15, -0.1) is 13.2 Å². The fourth-order valence-electron chi connectivity index (χ4n) is 5.25. The number of ether oxygens (including phenoxy) is 3. The lowest BCUT2D eigenvalue weighted by Gasteiger charge is -2.37. The Kier molecular flexibility index (Phi) is 20.3. The molecule has 9 nitrogen and oxygen atoms in total. The first-order valence-corrected chi connectivity index (χ1v) is 16.0. The van der Waals surface area contributed by atoms with Crippen LogP contribution in [0, 0.1) is 11.8 Å². The van der Waals surface area contributed by atoms with Crippen LogP contribution in [-0.2, 0) is 33.4 Å². The van der Waals surface area contributed by atoms with Gasteiger partial charge in [0.1, 0.15) is 24.9 Å². The SMILES string of the molecule is C=CCC[C@@H](O)C[C@@H]1OC(=O)[C@H]1CCCCCC.C=CCC[C@H](CC1OC(=O)[C@H]1CCCCCC)OC(=O)CNC=O. The third kappa shape index (κ3) is 15.0. The molecule has 2 saturated heterocycles. The first kappa shape index (κ1) is 37.3. The molecule has 1 amide bonds. The fraction of sp³-hybridized carbons (Fsp3) is 0.758. The molecule has 9 heteroatoms. The standard InChI is InChI=1S/C18H29NO5.C15H26O3/c1-3-5-7-8-10-15-16(24-18(15)22)11-14(9-6-4-2)23-17(21)12-19-13-20;1-3-5-7-8-10-13-14(18-15(13)17)11-12(16)9-6-4-2/h4,13-16H,2-3,5-12H2,1H3,(H,19,20);4,12-14,16H,2-3,5-11H2,1H3/t14-,15+,16?;12-,13+,14+/m11/s1. The van der Waals surface area contributed by atoms with Crippen molar-refractivity contribution in [2.45, 2.75) is 141 Å². The second-order valence-electron chi connectivity index (χ2n) is 11.3. The maximum atomic E-state index is 11.7. The molecule has 2 aliphatic rings. The van der Waals surface area contributed by atoms with Crippen molar-refractivity contribution >= 4 is 24.3 Å². The summed E-state index contributed by atoms with van der Waals surface area (Å²) >= 11 is 0. The number of rotatable bonds is 24. The summed E-state index contributed by atoms with van der Waals surface area (Å²) < 4.78 is 15.8. The fourth-order valence-corrected chi connectivity index (χ4v) is 5.25. The summed E-state index contributed by atoms with van der Waals surface area (Å²) in [6, 6.07) is 0. The summed E-state index contributed by atoms with van der Waals surface area (Å²) in [5.74, 6) is -0.762. The minimum absolute atomic E-state index is 0.0280. The Labute approximate surface area is 252 Å². The molecule has 2 rings (SSSR count). The topological polar surface area (TPSA) is 128 Å². The normalized spacial score (nSPS) is 22.1. The highest BCUT2D eigenvalue weighted by atomic mass is 16.6. The van der Waals surface area contributed by atoms with Crippen LogP contribution in [0.1, 0.15) is 117 Å². The van der Waals surface area contributed by atoms with Crippen LogP contribution in [0.2, 0.25) is 0 Å². The van der Waals surface area contributed by atoms with Crippen molar-refractivity contribution in [3.63, 3.8) is 0 Å². The maximum Gasteiger partial charge on any atom is 0.325 e. The van der Waals surface area contributed by atoms with Gasteiger partial charge in [0.2, 0.25) is 6.41 Å². The van der Waals surface area contributed by atoms with E-state index in [1.165, 1.54) is 25.7 Å². The van der Waals surface area contributed by atoms with E-state index in [2.05, 4.69) is 32.3 Å². The minimum atomic E-state index is -0.485. The van der Waals surface area contributed by atoms with Gasteiger partial charge in [0, 0.05) is 12.8 Å². The van der Waals surface area contributed by atoms with Crippen LogP contribution >= 0.6 is 0 Å². The van der Waals surface area contributed by atoms with E-state index in [9.17, 15) is 24.3 Å². The maximum absolute atomic E-state index is 11.7. The van der Waals surface area contributed by atoms with Gasteiger partial charge in [0.25, 0.3) is 0 Å². The van der Waals surface area contributed by atoms with Gasteiger partial charge in [0.15, 0.2) is 0 Å². The number of cyclic esters (lactones) is 2. The molecular weight excluding hydrogens is 538 g/mol. The lowest BCUT2D eigenvalue weighted by atomic mass is 9.86. The highest BCUT2D eigenvalue weighted by molar-refractivity contribution is 5.79. The summed E-state index contributed by atoms with van der Waals surface area (Å²) in [6.07, 6.45) is 18.0. The van der Waals surface area contributed by atoms with Gasteiger partial charge in [-0.2, -0.15) is 0 Å². The van der Waals surface area contributed by atoms with Crippen LogP contribution in [0.25, 0.3) is 0 Å². The number of carbonyl (C=O) groups is 4. The molecule has 0 aliphatic carbocycles. The predicted molar refractivity (Wildman–Crippen MR) is 162 cm³/mol. The number of unbranched alkanes of at least 4 members (excludes halogenated alkanes) is 6. The van der Waals surface area contributed by atoms with Crippen molar-refractivity contribution in [2.24, 2.45) is 11.8 Å². The Hall–Kier alpha value is -2.68. The third-order valence-electron chi connectivity index (χ3n) is 7.80. The van der Waals surface area contributed by atoms with E-state index >= 15 is 0 Å². The molecule has 6 atom stereocenters. The van der Waals surface area contributed by atoms with E-state index in [0.29, 0.717) is 38.5 Å². The van der Waals surface area contributed by atoms with Gasteiger partial charge in [-0.1, -0.05) is 77.4 Å². The Morgan fingerprint density at radius 1 is 0.881 bits per heavy atom. The molecule has 2 aliphatic heterocycles. The number of aliphatic hydroxyl groups is 1. The second kappa shape index (κ2) is 22.9. The molecule has 240 valence electrons. The predicted octanol–water partition coefficient (Wildman–Crippen LogP) is 5.73. The molecule has 2 fully saturated rings. The number of amides is 1. The summed E-state index contributed by atoms with van der Waals surface area (Å²) in [4.78, 5) is 45.0. The van der Waals surface area contributed by atoms with Crippen LogP contribution in [0.15, 0.2) is 25.3 Å². The first-order chi connectivity index (χ1) is 20.3. The number of hydrogen-bond acceptors (Lipinski definition) is 8. The number of esters is 3.